The average Bonchev–Trinajstić information content (AvgIpc) is 3.57. The first-order valence-electron chi connectivity index (χ1n) is 15.1. The highest BCUT2D eigenvalue weighted by atomic mass is 16.5. The van der Waals surface area contributed by atoms with Crippen molar-refractivity contribution in [1.29, 1.82) is 0 Å². The van der Waals surface area contributed by atoms with Crippen LogP contribution in [-0.2, 0) is 19.4 Å². The Morgan fingerprint density at radius 3 is 2.62 bits per heavy atom. The number of oxazole rings is 1. The van der Waals surface area contributed by atoms with E-state index in [4.69, 9.17) is 9.15 Å². The lowest BCUT2D eigenvalue weighted by Gasteiger charge is -2.26. The molecule has 0 radical (unpaired) electrons. The number of aryl methyl sites for hydroxylation is 1. The Labute approximate surface area is 249 Å². The second-order valence-electron chi connectivity index (χ2n) is 10.6. The summed E-state index contributed by atoms with van der Waals surface area (Å²) < 4.78 is 11.6. The quantitative estimate of drug-likeness (QED) is 0.128. The Morgan fingerprint density at radius 2 is 1.81 bits per heavy atom. The van der Waals surface area contributed by atoms with Gasteiger partial charge in [0.15, 0.2) is 0 Å². The van der Waals surface area contributed by atoms with Crippen molar-refractivity contribution < 1.29 is 19.1 Å². The maximum absolute atomic E-state index is 13.5. The van der Waals surface area contributed by atoms with E-state index in [-0.39, 0.29) is 5.91 Å². The highest BCUT2D eigenvalue weighted by molar-refractivity contribution is 5.95. The largest absolute Gasteiger partial charge is 0.493 e. The van der Waals surface area contributed by atoms with Crippen LogP contribution < -0.4 is 15.4 Å². The number of aliphatic hydroxyl groups excluding tert-OH is 1. The summed E-state index contributed by atoms with van der Waals surface area (Å²) in [5, 5.41) is 17.8. The van der Waals surface area contributed by atoms with Crippen molar-refractivity contribution in [3.8, 4) is 17.2 Å². The van der Waals surface area contributed by atoms with E-state index in [0.29, 0.717) is 43.1 Å². The number of benzene rings is 3. The molecule has 4 aromatic rings. The van der Waals surface area contributed by atoms with Crippen LogP contribution in [-0.4, -0.2) is 41.3 Å². The molecule has 3 aromatic carbocycles. The monoisotopic (exact) mass is 569 g/mol. The number of para-hydroxylation sites is 1. The maximum Gasteiger partial charge on any atom is 0.251 e. The van der Waals surface area contributed by atoms with E-state index >= 15 is 0 Å². The lowest BCUT2D eigenvalue weighted by molar-refractivity contribution is 0.0829. The number of hydrogen-bond donors (Lipinski definition) is 3. The van der Waals surface area contributed by atoms with Crippen molar-refractivity contribution in [2.75, 3.05) is 13.2 Å². The number of carbonyl (C=O) groups is 1. The first-order valence-corrected chi connectivity index (χ1v) is 15.1. The van der Waals surface area contributed by atoms with Crippen molar-refractivity contribution >= 4 is 5.91 Å². The molecule has 2 atom stereocenters. The van der Waals surface area contributed by atoms with Gasteiger partial charge in [-0.2, -0.15) is 0 Å². The van der Waals surface area contributed by atoms with Gasteiger partial charge in [-0.25, -0.2) is 4.98 Å². The highest BCUT2D eigenvalue weighted by Gasteiger charge is 2.24. The van der Waals surface area contributed by atoms with Crippen LogP contribution in [0.3, 0.4) is 0 Å². The maximum atomic E-state index is 13.5. The van der Waals surface area contributed by atoms with E-state index in [2.05, 4.69) is 53.7 Å². The van der Waals surface area contributed by atoms with Gasteiger partial charge in [-0.15, -0.1) is 0 Å². The summed E-state index contributed by atoms with van der Waals surface area (Å²) in [6, 6.07) is 22.9. The fourth-order valence-electron chi connectivity index (χ4n) is 4.92. The summed E-state index contributed by atoms with van der Waals surface area (Å²) >= 11 is 0. The summed E-state index contributed by atoms with van der Waals surface area (Å²) in [7, 11) is 0. The smallest absolute Gasteiger partial charge is 0.251 e. The third-order valence-electron chi connectivity index (χ3n) is 7.34. The number of ether oxygens (including phenoxy) is 1. The van der Waals surface area contributed by atoms with Gasteiger partial charge in [0.1, 0.15) is 12.0 Å². The normalized spacial score (nSPS) is 12.5. The SMILES string of the molecule is CCCCCCOc1ccccc1C[C@H](NC(=O)c1cccc(-c2ncco2)c1)[C@H](O)CNCc1cccc(CC)c1. The molecule has 0 aliphatic rings. The average molecular weight is 570 g/mol. The minimum atomic E-state index is -0.837. The second kappa shape index (κ2) is 16.5. The molecular formula is C35H43N3O4. The van der Waals surface area contributed by atoms with E-state index < -0.39 is 12.1 Å². The highest BCUT2D eigenvalue weighted by Crippen LogP contribution is 2.22. The van der Waals surface area contributed by atoms with Crippen LogP contribution in [0.25, 0.3) is 11.5 Å². The fourth-order valence-corrected chi connectivity index (χ4v) is 4.92. The van der Waals surface area contributed by atoms with Gasteiger partial charge < -0.3 is 24.9 Å². The predicted octanol–water partition coefficient (Wildman–Crippen LogP) is 6.35. The van der Waals surface area contributed by atoms with Gasteiger partial charge >= 0.3 is 0 Å². The lowest BCUT2D eigenvalue weighted by Crippen LogP contribution is -2.48. The summed E-state index contributed by atoms with van der Waals surface area (Å²) in [6.07, 6.45) is 8.13. The van der Waals surface area contributed by atoms with E-state index in [1.54, 1.807) is 24.4 Å². The molecular weight excluding hydrogens is 526 g/mol. The van der Waals surface area contributed by atoms with E-state index in [9.17, 15) is 9.90 Å². The van der Waals surface area contributed by atoms with Crippen LogP contribution in [0.5, 0.6) is 5.75 Å². The van der Waals surface area contributed by atoms with Crippen LogP contribution in [0.15, 0.2) is 89.7 Å². The zero-order chi connectivity index (χ0) is 29.6. The Bertz CT molecular complexity index is 1370. The Kier molecular flexibility index (Phi) is 12.2. The van der Waals surface area contributed by atoms with E-state index in [1.165, 1.54) is 24.7 Å². The van der Waals surface area contributed by atoms with E-state index in [1.807, 2.05) is 30.3 Å². The number of rotatable bonds is 17. The number of nitrogens with zero attached hydrogens (tertiary/aromatic N) is 1. The van der Waals surface area contributed by atoms with Gasteiger partial charge in [0, 0.05) is 24.2 Å². The minimum absolute atomic E-state index is 0.277. The molecule has 4 rings (SSSR count). The molecule has 0 unspecified atom stereocenters. The number of unbranched alkanes of at least 4 members (excludes halogenated alkanes) is 3. The van der Waals surface area contributed by atoms with Crippen molar-refractivity contribution in [3.05, 3.63) is 108 Å². The third-order valence-corrected chi connectivity index (χ3v) is 7.34. The summed E-state index contributed by atoms with van der Waals surface area (Å²) in [6.45, 7) is 5.91. The minimum Gasteiger partial charge on any atom is -0.493 e. The van der Waals surface area contributed by atoms with Gasteiger partial charge in [-0.1, -0.05) is 81.6 Å². The first kappa shape index (κ1) is 31.0. The molecule has 0 spiro atoms. The molecule has 1 aromatic heterocycles. The lowest BCUT2D eigenvalue weighted by atomic mass is 9.99. The topological polar surface area (TPSA) is 96.6 Å². The standard InChI is InChI=1S/C35H43N3O4/c1-3-5-6-9-19-41-33-17-8-7-14-28(33)23-31(32(39)25-36-24-27-13-10-12-26(4-2)21-27)38-34(40)29-15-11-16-30(22-29)35-37-18-20-42-35/h7-8,10-18,20-22,31-32,36,39H,3-6,9,19,23-25H2,1-2H3,(H,38,40)/t31-,32+/m0/s1. The van der Waals surface area contributed by atoms with Gasteiger partial charge in [0.05, 0.1) is 24.9 Å². The van der Waals surface area contributed by atoms with Crippen LogP contribution in [0.4, 0.5) is 0 Å². The number of carbonyl (C=O) groups excluding carboxylic acids is 1. The van der Waals surface area contributed by atoms with Crippen LogP contribution >= 0.6 is 0 Å². The first-order chi connectivity index (χ1) is 20.6. The third kappa shape index (κ3) is 9.29. The second-order valence-corrected chi connectivity index (χ2v) is 10.6. The Balaban J connectivity index is 1.47. The molecule has 1 heterocycles. The summed E-state index contributed by atoms with van der Waals surface area (Å²) in [5.74, 6) is 0.958. The summed E-state index contributed by atoms with van der Waals surface area (Å²) in [5.41, 5.74) is 4.56. The molecule has 7 heteroatoms. The number of nitrogens with one attached hydrogen (secondary N) is 2. The molecule has 0 fully saturated rings. The van der Waals surface area contributed by atoms with Crippen LogP contribution in [0.2, 0.25) is 0 Å². The van der Waals surface area contributed by atoms with Gasteiger partial charge in [0.2, 0.25) is 5.89 Å². The zero-order valence-electron chi connectivity index (χ0n) is 24.7. The molecule has 0 aliphatic heterocycles. The predicted molar refractivity (Wildman–Crippen MR) is 167 cm³/mol. The molecule has 0 bridgehead atoms. The molecule has 3 N–H and O–H groups in total. The molecule has 0 saturated heterocycles. The van der Waals surface area contributed by atoms with Gasteiger partial charge in [-0.3, -0.25) is 4.79 Å². The van der Waals surface area contributed by atoms with Crippen LogP contribution in [0, 0.1) is 0 Å². The molecule has 42 heavy (non-hydrogen) atoms. The van der Waals surface area contributed by atoms with Gasteiger partial charge in [0.25, 0.3) is 5.91 Å². The fraction of sp³-hybridized carbons (Fsp3) is 0.371. The van der Waals surface area contributed by atoms with Crippen molar-refractivity contribution in [1.82, 2.24) is 15.6 Å². The number of hydrogen-bond acceptors (Lipinski definition) is 6. The van der Waals surface area contributed by atoms with E-state index in [0.717, 1.165) is 36.1 Å². The number of aromatic nitrogens is 1. The molecule has 0 saturated carbocycles. The molecule has 1 amide bonds. The van der Waals surface area contributed by atoms with Crippen molar-refractivity contribution in [2.45, 2.75) is 71.1 Å². The molecule has 7 nitrogen and oxygen atoms in total. The zero-order valence-corrected chi connectivity index (χ0v) is 24.7. The van der Waals surface area contributed by atoms with Crippen LogP contribution in [0.1, 0.15) is 66.6 Å². The number of amides is 1. The molecule has 0 aliphatic carbocycles. The van der Waals surface area contributed by atoms with Crippen molar-refractivity contribution in [3.63, 3.8) is 0 Å². The number of aliphatic hydroxyl groups is 1. The Morgan fingerprint density at radius 1 is 0.976 bits per heavy atom. The van der Waals surface area contributed by atoms with Crippen molar-refractivity contribution in [2.24, 2.45) is 0 Å². The Hall–Kier alpha value is -3.94. The van der Waals surface area contributed by atoms with Gasteiger partial charge in [-0.05, 0) is 60.2 Å². The molecule has 222 valence electrons. The summed E-state index contributed by atoms with van der Waals surface area (Å²) in [4.78, 5) is 17.7.